The summed E-state index contributed by atoms with van der Waals surface area (Å²) < 4.78 is 2.00. The summed E-state index contributed by atoms with van der Waals surface area (Å²) in [5, 5.41) is 21.3. The average molecular weight is 353 g/mol. The van der Waals surface area contributed by atoms with Gasteiger partial charge in [0, 0.05) is 6.54 Å². The van der Waals surface area contributed by atoms with Gasteiger partial charge in [-0.2, -0.15) is 5.26 Å². The number of benzene rings is 1. The number of carbonyl (C=O) groups excluding carboxylic acids is 1. The van der Waals surface area contributed by atoms with Crippen molar-refractivity contribution >= 4 is 28.9 Å². The Morgan fingerprint density at radius 2 is 2.28 bits per heavy atom. The second-order valence-electron chi connectivity index (χ2n) is 4.93. The second-order valence-corrected chi connectivity index (χ2v) is 5.96. The van der Waals surface area contributed by atoms with Gasteiger partial charge in [0.2, 0.25) is 0 Å². The molecule has 1 heterocycles. The maximum Gasteiger partial charge on any atom is 0.269 e. The van der Waals surface area contributed by atoms with Crippen molar-refractivity contribution in [1.29, 1.82) is 5.26 Å². The van der Waals surface area contributed by atoms with E-state index in [1.807, 2.05) is 6.07 Å². The summed E-state index contributed by atoms with van der Waals surface area (Å²) >= 11 is 1.05. The number of aromatic hydroxyl groups is 1. The van der Waals surface area contributed by atoms with E-state index in [4.69, 9.17) is 6.42 Å². The van der Waals surface area contributed by atoms with E-state index in [2.05, 4.69) is 11.2 Å². The first-order valence-electron chi connectivity index (χ1n) is 7.38. The van der Waals surface area contributed by atoms with Crippen molar-refractivity contribution in [3.8, 4) is 24.2 Å². The molecule has 2 aromatic rings. The molecule has 0 radical (unpaired) electrons. The summed E-state index contributed by atoms with van der Waals surface area (Å²) in [6.07, 6.45) is 6.71. The molecule has 0 aliphatic carbocycles. The zero-order chi connectivity index (χ0) is 18.4. The zero-order valence-electron chi connectivity index (χ0n) is 13.4. The van der Waals surface area contributed by atoms with Gasteiger partial charge in [-0.1, -0.05) is 18.1 Å². The highest BCUT2D eigenvalue weighted by Gasteiger charge is 2.14. The lowest BCUT2D eigenvalue weighted by Gasteiger charge is -2.00. The first-order chi connectivity index (χ1) is 12.0. The highest BCUT2D eigenvalue weighted by atomic mass is 32.1. The van der Waals surface area contributed by atoms with E-state index in [-0.39, 0.29) is 28.1 Å². The van der Waals surface area contributed by atoms with Crippen molar-refractivity contribution in [2.75, 3.05) is 6.54 Å². The number of hydrogen-bond donors (Lipinski definition) is 2. The number of nitriles is 1. The Labute approximate surface area is 148 Å². The summed E-state index contributed by atoms with van der Waals surface area (Å²) in [7, 11) is 0. The zero-order valence-corrected chi connectivity index (χ0v) is 14.3. The SMILES string of the molecule is C#CCNC(=O)/C(C#N)=c1\s/c(=C\c2cccc(O)c2)c(=O)n1CC. The van der Waals surface area contributed by atoms with E-state index >= 15 is 0 Å². The number of thiazole rings is 1. The van der Waals surface area contributed by atoms with Gasteiger partial charge in [-0.3, -0.25) is 14.2 Å². The lowest BCUT2D eigenvalue weighted by molar-refractivity contribution is -0.115. The first-order valence-corrected chi connectivity index (χ1v) is 8.20. The van der Waals surface area contributed by atoms with Crippen LogP contribution in [0.4, 0.5) is 0 Å². The van der Waals surface area contributed by atoms with Crippen LogP contribution < -0.4 is 20.1 Å². The Balaban J connectivity index is 2.72. The van der Waals surface area contributed by atoms with Crippen LogP contribution in [0.2, 0.25) is 0 Å². The van der Waals surface area contributed by atoms with Crippen molar-refractivity contribution in [2.45, 2.75) is 13.5 Å². The van der Waals surface area contributed by atoms with Gasteiger partial charge in [0.15, 0.2) is 5.57 Å². The number of aromatic nitrogens is 1. The fourth-order valence-electron chi connectivity index (χ4n) is 2.17. The number of amides is 1. The van der Waals surface area contributed by atoms with E-state index in [1.165, 1.54) is 16.7 Å². The molecule has 0 unspecified atom stereocenters. The summed E-state index contributed by atoms with van der Waals surface area (Å²) in [4.78, 5) is 24.7. The molecule has 0 saturated heterocycles. The van der Waals surface area contributed by atoms with Crippen LogP contribution in [-0.2, 0) is 11.3 Å². The molecule has 0 aliphatic rings. The molecule has 1 amide bonds. The highest BCUT2D eigenvalue weighted by molar-refractivity contribution is 7.07. The standard InChI is InChI=1S/C18H15N3O3S/c1-3-8-20-16(23)14(11-19)18-21(4-2)17(24)15(25-18)10-12-6-5-7-13(22)9-12/h1,5-7,9-10,22H,4,8H2,2H3,(H,20,23)/b15-10-,18-14-. The number of hydrogen-bond acceptors (Lipinski definition) is 5. The second kappa shape index (κ2) is 8.00. The maximum absolute atomic E-state index is 12.6. The van der Waals surface area contributed by atoms with Crippen molar-refractivity contribution in [3.63, 3.8) is 0 Å². The van der Waals surface area contributed by atoms with Gasteiger partial charge in [0.05, 0.1) is 11.1 Å². The average Bonchev–Trinajstić information content (AvgIpc) is 2.89. The van der Waals surface area contributed by atoms with Crippen LogP contribution in [0.15, 0.2) is 29.1 Å². The van der Waals surface area contributed by atoms with Crippen molar-refractivity contribution in [3.05, 3.63) is 49.4 Å². The minimum atomic E-state index is -0.618. The minimum Gasteiger partial charge on any atom is -0.508 e. The number of rotatable bonds is 4. The minimum absolute atomic E-state index is 0.00593. The molecule has 0 saturated carbocycles. The molecule has 0 fully saturated rings. The molecular weight excluding hydrogens is 338 g/mol. The van der Waals surface area contributed by atoms with Crippen LogP contribution in [0.3, 0.4) is 0 Å². The number of terminal acetylenes is 1. The maximum atomic E-state index is 12.6. The lowest BCUT2D eigenvalue weighted by Crippen LogP contribution is -2.34. The number of carbonyl (C=O) groups is 1. The fraction of sp³-hybridized carbons (Fsp3) is 0.167. The normalized spacial score (nSPS) is 12.2. The largest absolute Gasteiger partial charge is 0.508 e. The smallest absolute Gasteiger partial charge is 0.269 e. The lowest BCUT2D eigenvalue weighted by atomic mass is 10.2. The van der Waals surface area contributed by atoms with Crippen LogP contribution in [0.5, 0.6) is 5.75 Å². The molecule has 6 nitrogen and oxygen atoms in total. The van der Waals surface area contributed by atoms with Gasteiger partial charge >= 0.3 is 0 Å². The number of phenols is 1. The molecule has 0 spiro atoms. The van der Waals surface area contributed by atoms with E-state index in [1.54, 1.807) is 25.1 Å². The van der Waals surface area contributed by atoms with Crippen molar-refractivity contribution in [2.24, 2.45) is 0 Å². The third kappa shape index (κ3) is 3.97. The topological polar surface area (TPSA) is 95.1 Å². The Hall–Kier alpha value is -3.29. The van der Waals surface area contributed by atoms with Crippen LogP contribution >= 0.6 is 11.3 Å². The molecule has 0 atom stereocenters. The monoisotopic (exact) mass is 353 g/mol. The fourth-order valence-corrected chi connectivity index (χ4v) is 3.34. The van der Waals surface area contributed by atoms with Gasteiger partial charge < -0.3 is 10.4 Å². The van der Waals surface area contributed by atoms with Crippen molar-refractivity contribution < 1.29 is 9.90 Å². The van der Waals surface area contributed by atoms with Crippen LogP contribution in [0, 0.1) is 23.7 Å². The number of phenolic OH excluding ortho intramolecular Hbond substituents is 1. The van der Waals surface area contributed by atoms with Crippen LogP contribution in [0.25, 0.3) is 11.6 Å². The van der Waals surface area contributed by atoms with Crippen LogP contribution in [0.1, 0.15) is 12.5 Å². The summed E-state index contributed by atoms with van der Waals surface area (Å²) in [5.74, 6) is 1.73. The van der Waals surface area contributed by atoms with E-state index in [9.17, 15) is 20.0 Å². The van der Waals surface area contributed by atoms with E-state index in [0.29, 0.717) is 16.6 Å². The van der Waals surface area contributed by atoms with Gasteiger partial charge in [0.1, 0.15) is 16.5 Å². The molecule has 1 aromatic carbocycles. The predicted octanol–water partition coefficient (Wildman–Crippen LogP) is -0.112. The molecular formula is C18H15N3O3S. The van der Waals surface area contributed by atoms with Crippen molar-refractivity contribution in [1.82, 2.24) is 9.88 Å². The Morgan fingerprint density at radius 1 is 1.52 bits per heavy atom. The molecule has 7 heteroatoms. The van der Waals surface area contributed by atoms with E-state index < -0.39 is 5.91 Å². The first kappa shape index (κ1) is 18.1. The number of nitrogens with one attached hydrogen (secondary N) is 1. The van der Waals surface area contributed by atoms with Gasteiger partial charge in [0.25, 0.3) is 11.5 Å². The molecule has 126 valence electrons. The van der Waals surface area contributed by atoms with E-state index in [0.717, 1.165) is 11.3 Å². The third-order valence-corrected chi connectivity index (χ3v) is 4.43. The summed E-state index contributed by atoms with van der Waals surface area (Å²) in [5.41, 5.74) is 0.182. The molecule has 2 N–H and O–H groups in total. The van der Waals surface area contributed by atoms with Crippen LogP contribution in [-0.4, -0.2) is 22.1 Å². The molecule has 0 bridgehead atoms. The highest BCUT2D eigenvalue weighted by Crippen LogP contribution is 2.10. The Morgan fingerprint density at radius 3 is 2.88 bits per heavy atom. The molecule has 1 aromatic heterocycles. The molecule has 2 rings (SSSR count). The Kier molecular flexibility index (Phi) is 5.78. The molecule has 25 heavy (non-hydrogen) atoms. The Bertz CT molecular complexity index is 1060. The van der Waals surface area contributed by atoms with Gasteiger partial charge in [-0.05, 0) is 30.7 Å². The molecule has 0 aliphatic heterocycles. The summed E-state index contributed by atoms with van der Waals surface area (Å²) in [6.45, 7) is 2.06. The quantitative estimate of drug-likeness (QED) is 0.750. The number of nitrogens with zero attached hydrogens (tertiary/aromatic N) is 2. The van der Waals surface area contributed by atoms with Gasteiger partial charge in [-0.15, -0.1) is 17.8 Å². The van der Waals surface area contributed by atoms with Gasteiger partial charge in [-0.25, -0.2) is 0 Å². The summed E-state index contributed by atoms with van der Waals surface area (Å²) in [6, 6.07) is 8.29. The third-order valence-electron chi connectivity index (χ3n) is 3.30. The predicted molar refractivity (Wildman–Crippen MR) is 96.0 cm³/mol.